The van der Waals surface area contributed by atoms with Crippen molar-refractivity contribution in [2.75, 3.05) is 13.2 Å². The highest BCUT2D eigenvalue weighted by Gasteiger charge is 2.57. The molecule has 2 rings (SSSR count). The van der Waals surface area contributed by atoms with E-state index in [9.17, 15) is 19.7 Å². The molecule has 0 bridgehead atoms. The molecule has 7 heteroatoms. The summed E-state index contributed by atoms with van der Waals surface area (Å²) >= 11 is 3.33. The van der Waals surface area contributed by atoms with Crippen molar-refractivity contribution in [1.29, 1.82) is 0 Å². The number of esters is 1. The van der Waals surface area contributed by atoms with Crippen molar-refractivity contribution in [1.82, 2.24) is 0 Å². The first kappa shape index (κ1) is 17.6. The molecule has 1 aromatic rings. The Labute approximate surface area is 142 Å². The Morgan fingerprint density at radius 2 is 2.26 bits per heavy atom. The summed E-state index contributed by atoms with van der Waals surface area (Å²) in [6.45, 7) is 1.31. The Morgan fingerprint density at radius 3 is 2.78 bits per heavy atom. The Morgan fingerprint density at radius 1 is 1.52 bits per heavy atom. The van der Waals surface area contributed by atoms with Gasteiger partial charge in [0.1, 0.15) is 5.41 Å². The minimum atomic E-state index is -1.45. The van der Waals surface area contributed by atoms with Crippen molar-refractivity contribution in [2.24, 2.45) is 5.41 Å². The number of nitro groups is 1. The minimum absolute atomic E-state index is 0.136. The molecule has 0 heterocycles. The van der Waals surface area contributed by atoms with Crippen LogP contribution in [0.4, 0.5) is 0 Å². The van der Waals surface area contributed by atoms with E-state index >= 15 is 0 Å². The van der Waals surface area contributed by atoms with Gasteiger partial charge in [-0.2, -0.15) is 0 Å². The van der Waals surface area contributed by atoms with E-state index in [0.717, 1.165) is 4.47 Å². The zero-order valence-electron chi connectivity index (χ0n) is 12.8. The van der Waals surface area contributed by atoms with Gasteiger partial charge in [-0.15, -0.1) is 0 Å². The van der Waals surface area contributed by atoms with Crippen LogP contribution in [0.2, 0.25) is 0 Å². The van der Waals surface area contributed by atoms with Gasteiger partial charge in [-0.1, -0.05) is 28.1 Å². The van der Waals surface area contributed by atoms with Gasteiger partial charge < -0.3 is 4.74 Å². The summed E-state index contributed by atoms with van der Waals surface area (Å²) in [4.78, 5) is 35.9. The molecule has 1 unspecified atom stereocenters. The van der Waals surface area contributed by atoms with Gasteiger partial charge in [0.25, 0.3) is 0 Å². The molecular weight excluding hydrogens is 366 g/mol. The topological polar surface area (TPSA) is 86.5 Å². The number of Topliss-reactive ketones (excluding diaryl/α,β-unsaturated/α-hetero) is 1. The van der Waals surface area contributed by atoms with Crippen LogP contribution in [0, 0.1) is 15.5 Å². The molecule has 0 N–H and O–H groups in total. The largest absolute Gasteiger partial charge is 0.465 e. The minimum Gasteiger partial charge on any atom is -0.465 e. The van der Waals surface area contributed by atoms with Gasteiger partial charge in [0, 0.05) is 15.8 Å². The lowest BCUT2D eigenvalue weighted by Crippen LogP contribution is -2.45. The number of halogens is 1. The highest BCUT2D eigenvalue weighted by atomic mass is 79.9. The molecule has 6 nitrogen and oxygen atoms in total. The van der Waals surface area contributed by atoms with Crippen LogP contribution >= 0.6 is 15.9 Å². The number of ether oxygens (including phenoxy) is 1. The van der Waals surface area contributed by atoms with E-state index in [1.165, 1.54) is 0 Å². The van der Waals surface area contributed by atoms with Crippen LogP contribution < -0.4 is 0 Å². The monoisotopic (exact) mass is 383 g/mol. The van der Waals surface area contributed by atoms with Crippen molar-refractivity contribution in [2.45, 2.75) is 32.1 Å². The number of ketones is 1. The predicted molar refractivity (Wildman–Crippen MR) is 86.7 cm³/mol. The fourth-order valence-electron chi connectivity index (χ4n) is 3.30. The number of carbonyl (C=O) groups is 2. The van der Waals surface area contributed by atoms with Gasteiger partial charge in [0.15, 0.2) is 5.78 Å². The molecule has 0 amide bonds. The van der Waals surface area contributed by atoms with Crippen LogP contribution in [0.5, 0.6) is 0 Å². The number of rotatable bonds is 6. The lowest BCUT2D eigenvalue weighted by molar-refractivity contribution is -0.485. The van der Waals surface area contributed by atoms with E-state index < -0.39 is 28.8 Å². The lowest BCUT2D eigenvalue weighted by atomic mass is 9.70. The van der Waals surface area contributed by atoms with E-state index in [2.05, 4.69) is 15.9 Å². The Hall–Kier alpha value is -1.76. The molecule has 23 heavy (non-hydrogen) atoms. The second-order valence-electron chi connectivity index (χ2n) is 5.59. The highest BCUT2D eigenvalue weighted by Crippen LogP contribution is 2.48. The Balaban J connectivity index is 2.55. The Kier molecular flexibility index (Phi) is 5.51. The molecule has 1 fully saturated rings. The Bertz CT molecular complexity index is 633. The van der Waals surface area contributed by atoms with E-state index in [1.807, 2.05) is 0 Å². The van der Waals surface area contributed by atoms with Gasteiger partial charge in [0.05, 0.1) is 12.5 Å². The standard InChI is InChI=1S/C16H18BrNO5/c1-2-23-15(20)16(8-4-7-14(16)19)13(10-18(21)22)11-5-3-6-12(17)9-11/h3,5-6,9,13H,2,4,7-8,10H2,1H3/t13-,16?/m0/s1. The maximum Gasteiger partial charge on any atom is 0.320 e. The molecule has 0 spiro atoms. The van der Waals surface area contributed by atoms with Crippen molar-refractivity contribution in [3.63, 3.8) is 0 Å². The van der Waals surface area contributed by atoms with E-state index in [1.54, 1.807) is 31.2 Å². The van der Waals surface area contributed by atoms with Crippen molar-refractivity contribution >= 4 is 27.7 Å². The maximum atomic E-state index is 12.6. The van der Waals surface area contributed by atoms with E-state index in [0.29, 0.717) is 12.0 Å². The fraction of sp³-hybridized carbons (Fsp3) is 0.500. The van der Waals surface area contributed by atoms with Crippen LogP contribution in [0.1, 0.15) is 37.7 Å². The zero-order valence-corrected chi connectivity index (χ0v) is 14.4. The quantitative estimate of drug-likeness (QED) is 0.326. The molecule has 2 atom stereocenters. The summed E-state index contributed by atoms with van der Waals surface area (Å²) < 4.78 is 5.86. The maximum absolute atomic E-state index is 12.6. The molecule has 0 radical (unpaired) electrons. The molecule has 124 valence electrons. The third-order valence-electron chi connectivity index (χ3n) is 4.29. The normalized spacial score (nSPS) is 21.9. The van der Waals surface area contributed by atoms with Crippen molar-refractivity contribution in [3.8, 4) is 0 Å². The summed E-state index contributed by atoms with van der Waals surface area (Å²) in [7, 11) is 0. The number of carbonyl (C=O) groups excluding carboxylic acids is 2. The lowest BCUT2D eigenvalue weighted by Gasteiger charge is -2.31. The van der Waals surface area contributed by atoms with E-state index in [-0.39, 0.29) is 25.2 Å². The fourth-order valence-corrected chi connectivity index (χ4v) is 3.71. The molecular formula is C16H18BrNO5. The molecule has 0 aliphatic heterocycles. The number of nitrogens with zero attached hydrogens (tertiary/aromatic N) is 1. The van der Waals surface area contributed by atoms with Crippen LogP contribution in [0.25, 0.3) is 0 Å². The molecule has 0 saturated heterocycles. The van der Waals surface area contributed by atoms with Crippen LogP contribution in [0.3, 0.4) is 0 Å². The van der Waals surface area contributed by atoms with Gasteiger partial charge >= 0.3 is 5.97 Å². The first-order valence-electron chi connectivity index (χ1n) is 7.49. The summed E-state index contributed by atoms with van der Waals surface area (Å²) in [5, 5.41) is 11.2. The second kappa shape index (κ2) is 7.21. The van der Waals surface area contributed by atoms with Crippen molar-refractivity contribution < 1.29 is 19.2 Å². The number of hydrogen-bond acceptors (Lipinski definition) is 5. The summed E-state index contributed by atoms with van der Waals surface area (Å²) in [5.74, 6) is -1.74. The van der Waals surface area contributed by atoms with Gasteiger partial charge in [-0.25, -0.2) is 0 Å². The summed E-state index contributed by atoms with van der Waals surface area (Å²) in [6.07, 6.45) is 1.08. The first-order valence-corrected chi connectivity index (χ1v) is 8.29. The smallest absolute Gasteiger partial charge is 0.320 e. The predicted octanol–water partition coefficient (Wildman–Crippen LogP) is 3.11. The van der Waals surface area contributed by atoms with Gasteiger partial charge in [-0.05, 0) is 37.5 Å². The second-order valence-corrected chi connectivity index (χ2v) is 6.51. The number of hydrogen-bond donors (Lipinski definition) is 0. The van der Waals surface area contributed by atoms with Gasteiger partial charge in [0.2, 0.25) is 6.54 Å². The molecule has 1 aromatic carbocycles. The van der Waals surface area contributed by atoms with Crippen LogP contribution in [-0.2, 0) is 14.3 Å². The third kappa shape index (κ3) is 3.44. The highest BCUT2D eigenvalue weighted by molar-refractivity contribution is 9.10. The average Bonchev–Trinajstić information content (AvgIpc) is 2.87. The molecule has 1 saturated carbocycles. The molecule has 0 aromatic heterocycles. The number of benzene rings is 1. The van der Waals surface area contributed by atoms with Crippen molar-refractivity contribution in [3.05, 3.63) is 44.4 Å². The first-order chi connectivity index (χ1) is 10.9. The van der Waals surface area contributed by atoms with Crippen LogP contribution in [0.15, 0.2) is 28.7 Å². The molecule has 1 aliphatic carbocycles. The van der Waals surface area contributed by atoms with Gasteiger partial charge in [-0.3, -0.25) is 19.7 Å². The SMILES string of the molecule is CCOC(=O)C1([C@@H](C[N+](=O)[O-])c2cccc(Br)c2)CCCC1=O. The average molecular weight is 384 g/mol. The third-order valence-corrected chi connectivity index (χ3v) is 4.78. The van der Waals surface area contributed by atoms with Crippen LogP contribution in [-0.4, -0.2) is 29.8 Å². The summed E-state index contributed by atoms with van der Waals surface area (Å²) in [6, 6.07) is 6.97. The van der Waals surface area contributed by atoms with E-state index in [4.69, 9.17) is 4.74 Å². The summed E-state index contributed by atoms with van der Waals surface area (Å²) in [5.41, 5.74) is -0.858. The molecule has 1 aliphatic rings. The zero-order chi connectivity index (χ0) is 17.0.